The monoisotopic (exact) mass is 755 g/mol. The van der Waals surface area contributed by atoms with Gasteiger partial charge in [0.1, 0.15) is 0 Å². The maximum atomic E-state index is 5.35. The maximum absolute atomic E-state index is 5.35. The molecular formula is C52H88NSi. The van der Waals surface area contributed by atoms with Gasteiger partial charge in [0.05, 0.1) is 8.80 Å². The van der Waals surface area contributed by atoms with Gasteiger partial charge in [0.25, 0.3) is 0 Å². The number of allylic oxidation sites excluding steroid dienone is 2. The molecule has 2 aliphatic rings. The Bertz CT molecular complexity index is 1320. The van der Waals surface area contributed by atoms with Crippen LogP contribution in [0.1, 0.15) is 243 Å². The SMILES string of the molecule is CC(C)(C)N.CCCCCCCCCCCCCCC1(CCCCCCCCCCCCCC)c2ccccc2-c2cc3c(cc21)C(C)=C(C)C3[Si](C)C. The van der Waals surface area contributed by atoms with E-state index in [0.717, 1.165) is 0 Å². The number of rotatable bonds is 27. The van der Waals surface area contributed by atoms with Gasteiger partial charge in [-0.1, -0.05) is 211 Å². The highest BCUT2D eigenvalue weighted by molar-refractivity contribution is 6.59. The second-order valence-corrected chi connectivity index (χ2v) is 21.8. The van der Waals surface area contributed by atoms with Gasteiger partial charge in [-0.05, 0) is 104 Å². The van der Waals surface area contributed by atoms with Gasteiger partial charge in [0.2, 0.25) is 0 Å². The van der Waals surface area contributed by atoms with Crippen molar-refractivity contribution in [3.8, 4) is 11.1 Å². The van der Waals surface area contributed by atoms with Crippen LogP contribution >= 0.6 is 0 Å². The number of hydrogen-bond donors (Lipinski definition) is 1. The molecule has 1 atom stereocenters. The molecule has 0 aromatic heterocycles. The predicted octanol–water partition coefficient (Wildman–Crippen LogP) is 17.1. The van der Waals surface area contributed by atoms with E-state index >= 15 is 0 Å². The molecular weight excluding hydrogens is 667 g/mol. The first-order chi connectivity index (χ1) is 26.0. The summed E-state index contributed by atoms with van der Waals surface area (Å²) in [4.78, 5) is 0. The van der Waals surface area contributed by atoms with E-state index in [4.69, 9.17) is 5.73 Å². The summed E-state index contributed by atoms with van der Waals surface area (Å²) in [5, 5.41) is 0. The molecule has 2 aromatic rings. The van der Waals surface area contributed by atoms with E-state index in [1.165, 1.54) is 167 Å². The molecule has 54 heavy (non-hydrogen) atoms. The highest BCUT2D eigenvalue weighted by Crippen LogP contribution is 2.57. The molecule has 0 bridgehead atoms. The Morgan fingerprint density at radius 3 is 1.33 bits per heavy atom. The second kappa shape index (κ2) is 24.9. The van der Waals surface area contributed by atoms with Crippen molar-refractivity contribution in [2.45, 2.75) is 245 Å². The van der Waals surface area contributed by atoms with Crippen LogP contribution in [0.25, 0.3) is 16.7 Å². The third kappa shape index (κ3) is 14.7. The lowest BCUT2D eigenvalue weighted by Gasteiger charge is -2.33. The van der Waals surface area contributed by atoms with Gasteiger partial charge in [-0.3, -0.25) is 0 Å². The van der Waals surface area contributed by atoms with Crippen LogP contribution in [0.15, 0.2) is 42.0 Å². The van der Waals surface area contributed by atoms with Crippen molar-refractivity contribution in [1.29, 1.82) is 0 Å². The summed E-state index contributed by atoms with van der Waals surface area (Å²) in [6, 6.07) is 15.1. The first kappa shape index (κ1) is 46.7. The number of benzene rings is 2. The molecule has 0 saturated heterocycles. The minimum atomic E-state index is -0.453. The van der Waals surface area contributed by atoms with Crippen molar-refractivity contribution in [3.05, 3.63) is 64.2 Å². The molecule has 4 rings (SSSR count). The molecule has 2 heteroatoms. The third-order valence-electron chi connectivity index (χ3n) is 12.7. The molecule has 0 heterocycles. The minimum Gasteiger partial charge on any atom is -0.326 e. The molecule has 2 aromatic carbocycles. The molecule has 0 aliphatic heterocycles. The smallest absolute Gasteiger partial charge is 0.0552 e. The van der Waals surface area contributed by atoms with E-state index in [2.05, 4.69) is 77.2 Å². The molecule has 1 unspecified atom stereocenters. The Morgan fingerprint density at radius 1 is 0.537 bits per heavy atom. The lowest BCUT2D eigenvalue weighted by Crippen LogP contribution is -2.26. The van der Waals surface area contributed by atoms with E-state index in [1.54, 1.807) is 44.5 Å². The first-order valence-electron chi connectivity index (χ1n) is 23.5. The fourth-order valence-electron chi connectivity index (χ4n) is 9.68. The predicted molar refractivity (Wildman–Crippen MR) is 246 cm³/mol. The van der Waals surface area contributed by atoms with E-state index in [0.29, 0.717) is 5.54 Å². The van der Waals surface area contributed by atoms with Crippen LogP contribution in [0.5, 0.6) is 0 Å². The Labute approximate surface area is 339 Å². The first-order valence-corrected chi connectivity index (χ1v) is 26.1. The van der Waals surface area contributed by atoms with Crippen molar-refractivity contribution in [2.24, 2.45) is 5.73 Å². The molecule has 1 nitrogen and oxygen atoms in total. The molecule has 0 amide bonds. The Hall–Kier alpha value is -1.64. The van der Waals surface area contributed by atoms with Gasteiger partial charge in [-0.15, -0.1) is 0 Å². The second-order valence-electron chi connectivity index (χ2n) is 19.1. The lowest BCUT2D eigenvalue weighted by molar-refractivity contribution is 0.396. The Morgan fingerprint density at radius 2 is 0.926 bits per heavy atom. The lowest BCUT2D eigenvalue weighted by atomic mass is 9.70. The summed E-state index contributed by atoms with van der Waals surface area (Å²) in [5.74, 6) is 0. The normalized spacial score (nSPS) is 15.7. The summed E-state index contributed by atoms with van der Waals surface area (Å²) in [6.07, 6.45) is 36.9. The van der Waals surface area contributed by atoms with E-state index in [1.807, 2.05) is 20.8 Å². The highest BCUT2D eigenvalue weighted by Gasteiger charge is 2.44. The summed E-state index contributed by atoms with van der Waals surface area (Å²) < 4.78 is 0. The quantitative estimate of drug-likeness (QED) is 0.0713. The van der Waals surface area contributed by atoms with Gasteiger partial charge in [0.15, 0.2) is 0 Å². The van der Waals surface area contributed by atoms with Crippen LogP contribution in [0.4, 0.5) is 0 Å². The van der Waals surface area contributed by atoms with Gasteiger partial charge in [-0.2, -0.15) is 0 Å². The zero-order chi connectivity index (χ0) is 39.4. The Kier molecular flexibility index (Phi) is 21.5. The van der Waals surface area contributed by atoms with Crippen LogP contribution in [0, 0.1) is 0 Å². The summed E-state index contributed by atoms with van der Waals surface area (Å²) in [7, 11) is -0.453. The van der Waals surface area contributed by atoms with Gasteiger partial charge in [0, 0.05) is 11.0 Å². The van der Waals surface area contributed by atoms with E-state index in [9.17, 15) is 0 Å². The van der Waals surface area contributed by atoms with Crippen molar-refractivity contribution < 1.29 is 0 Å². The molecule has 2 aliphatic carbocycles. The fourth-order valence-corrected chi connectivity index (χ4v) is 11.6. The molecule has 0 spiro atoms. The van der Waals surface area contributed by atoms with Crippen molar-refractivity contribution >= 4 is 14.4 Å². The van der Waals surface area contributed by atoms with E-state index < -0.39 is 8.80 Å². The third-order valence-corrected chi connectivity index (χ3v) is 14.6. The minimum absolute atomic E-state index is 0. The van der Waals surface area contributed by atoms with Crippen LogP contribution in [-0.2, 0) is 5.41 Å². The number of hydrogen-bond acceptors (Lipinski definition) is 1. The van der Waals surface area contributed by atoms with Crippen LogP contribution in [-0.4, -0.2) is 14.3 Å². The highest BCUT2D eigenvalue weighted by atomic mass is 28.3. The average molecular weight is 755 g/mol. The van der Waals surface area contributed by atoms with E-state index in [-0.39, 0.29) is 11.0 Å². The molecule has 1 radical (unpaired) electrons. The number of nitrogens with two attached hydrogens (primary N) is 1. The van der Waals surface area contributed by atoms with Gasteiger partial charge < -0.3 is 5.73 Å². The van der Waals surface area contributed by atoms with Gasteiger partial charge in [-0.25, -0.2) is 0 Å². The Balaban J connectivity index is 0.00000147. The molecule has 0 fully saturated rings. The maximum Gasteiger partial charge on any atom is 0.0552 e. The zero-order valence-corrected chi connectivity index (χ0v) is 38.5. The molecule has 0 saturated carbocycles. The average Bonchev–Trinajstić information content (AvgIpc) is 3.54. The van der Waals surface area contributed by atoms with Crippen LogP contribution in [0.3, 0.4) is 0 Å². The topological polar surface area (TPSA) is 26.0 Å². The zero-order valence-electron chi connectivity index (χ0n) is 37.5. The van der Waals surface area contributed by atoms with Crippen LogP contribution < -0.4 is 5.73 Å². The number of unbranched alkanes of at least 4 members (excludes halogenated alkanes) is 22. The standard InChI is InChI=1S/C48H77Si.C4H11N/c1-7-9-11-13-15-17-19-21-23-25-27-31-35-48(36-32-28-26-24-22-20-18-16-14-12-10-8-2)45-34-30-29-33-41(45)43-37-44-42(38-46(43)48)39(3)40(4)47(44)49(5)6;1-4(2,3)5/h29-30,33-34,37-38,47H,7-28,31-32,35-36H2,1-6H3;5H2,1-3H3. The van der Waals surface area contributed by atoms with Gasteiger partial charge >= 0.3 is 0 Å². The van der Waals surface area contributed by atoms with Crippen molar-refractivity contribution in [1.82, 2.24) is 0 Å². The molecule has 305 valence electrons. The van der Waals surface area contributed by atoms with Crippen molar-refractivity contribution in [2.75, 3.05) is 0 Å². The number of fused-ring (bicyclic) bond motifs is 4. The largest absolute Gasteiger partial charge is 0.326 e. The fraction of sp³-hybridized carbons (Fsp3) is 0.731. The molecule has 2 N–H and O–H groups in total. The van der Waals surface area contributed by atoms with Crippen LogP contribution in [0.2, 0.25) is 13.1 Å². The van der Waals surface area contributed by atoms with Crippen molar-refractivity contribution in [3.63, 3.8) is 0 Å². The summed E-state index contributed by atoms with van der Waals surface area (Å²) in [5.41, 5.74) is 19.2. The summed E-state index contributed by atoms with van der Waals surface area (Å²) in [6.45, 7) is 20.4. The summed E-state index contributed by atoms with van der Waals surface area (Å²) >= 11 is 0.